The molecular weight excluding hydrogens is 362 g/mol. The molecule has 1 fully saturated rings. The van der Waals surface area contributed by atoms with Gasteiger partial charge in [-0.3, -0.25) is 4.79 Å². The summed E-state index contributed by atoms with van der Waals surface area (Å²) in [5.41, 5.74) is 3.76. The molecule has 27 heavy (non-hydrogen) atoms. The number of anilines is 1. The number of nitriles is 1. The number of aryl methyl sites for hydroxylation is 1. The van der Waals surface area contributed by atoms with Crippen LogP contribution < -0.4 is 4.90 Å². The predicted molar refractivity (Wildman–Crippen MR) is 106 cm³/mol. The van der Waals surface area contributed by atoms with Crippen molar-refractivity contribution in [3.05, 3.63) is 64.2 Å². The van der Waals surface area contributed by atoms with Gasteiger partial charge in [-0.2, -0.15) is 5.26 Å². The maximum absolute atomic E-state index is 11.9. The van der Waals surface area contributed by atoms with E-state index in [-0.39, 0.29) is 11.9 Å². The molecule has 0 aliphatic carbocycles. The van der Waals surface area contributed by atoms with Gasteiger partial charge in [0, 0.05) is 31.4 Å². The molecule has 5 nitrogen and oxygen atoms in total. The van der Waals surface area contributed by atoms with Gasteiger partial charge in [0.15, 0.2) is 0 Å². The first kappa shape index (κ1) is 19.2. The molecular formula is C21H22ClN3O2. The Labute approximate surface area is 164 Å². The molecule has 2 aromatic carbocycles. The molecule has 0 radical (unpaired) electrons. The molecule has 1 heterocycles. The molecule has 0 bridgehead atoms. The minimum atomic E-state index is -0.465. The zero-order chi connectivity index (χ0) is 19.4. The number of aliphatic hydroxyl groups is 1. The van der Waals surface area contributed by atoms with Gasteiger partial charge in [0.25, 0.3) is 0 Å². The molecule has 0 aromatic heterocycles. The standard InChI is InChI=1S/C21H22ClN3O2/c1-15-4-2-3-5-17(15)12-25(18-7-6-16(11-23)20(22)10-18)19-8-9-24(13-19)21(27)14-26/h2-7,10,19,26H,8-9,12-14H2,1H3/t19-/m0/s1. The monoisotopic (exact) mass is 383 g/mol. The molecule has 0 saturated carbocycles. The lowest BCUT2D eigenvalue weighted by Gasteiger charge is -2.32. The fourth-order valence-electron chi connectivity index (χ4n) is 3.50. The van der Waals surface area contributed by atoms with Crippen LogP contribution >= 0.6 is 11.6 Å². The van der Waals surface area contributed by atoms with Gasteiger partial charge >= 0.3 is 0 Å². The molecule has 1 aliphatic heterocycles. The van der Waals surface area contributed by atoms with Gasteiger partial charge in [-0.05, 0) is 42.7 Å². The number of rotatable bonds is 5. The second-order valence-electron chi connectivity index (χ2n) is 6.77. The Balaban J connectivity index is 1.92. The van der Waals surface area contributed by atoms with Crippen molar-refractivity contribution in [2.45, 2.75) is 25.9 Å². The third-order valence-corrected chi connectivity index (χ3v) is 5.41. The van der Waals surface area contributed by atoms with Gasteiger partial charge < -0.3 is 14.9 Å². The first-order valence-electron chi connectivity index (χ1n) is 8.93. The quantitative estimate of drug-likeness (QED) is 0.861. The number of likely N-dealkylation sites (tertiary alicyclic amines) is 1. The van der Waals surface area contributed by atoms with Crippen molar-refractivity contribution in [3.8, 4) is 6.07 Å². The van der Waals surface area contributed by atoms with Crippen molar-refractivity contribution in [3.63, 3.8) is 0 Å². The summed E-state index contributed by atoms with van der Waals surface area (Å²) in [4.78, 5) is 15.8. The summed E-state index contributed by atoms with van der Waals surface area (Å²) in [7, 11) is 0. The van der Waals surface area contributed by atoms with E-state index >= 15 is 0 Å². The van der Waals surface area contributed by atoms with Crippen molar-refractivity contribution in [2.75, 3.05) is 24.6 Å². The first-order valence-corrected chi connectivity index (χ1v) is 9.30. The second kappa shape index (κ2) is 8.43. The fraction of sp³-hybridized carbons (Fsp3) is 0.333. The normalized spacial score (nSPS) is 16.2. The van der Waals surface area contributed by atoms with Gasteiger partial charge in [-0.1, -0.05) is 35.9 Å². The van der Waals surface area contributed by atoms with Crippen molar-refractivity contribution in [1.82, 2.24) is 4.90 Å². The van der Waals surface area contributed by atoms with Crippen molar-refractivity contribution >= 4 is 23.2 Å². The summed E-state index contributed by atoms with van der Waals surface area (Å²) >= 11 is 6.27. The molecule has 1 amide bonds. The molecule has 6 heteroatoms. The van der Waals surface area contributed by atoms with Crippen LogP contribution in [0.2, 0.25) is 5.02 Å². The number of hydrogen-bond acceptors (Lipinski definition) is 4. The lowest BCUT2D eigenvalue weighted by molar-refractivity contribution is -0.133. The van der Waals surface area contributed by atoms with Crippen LogP contribution in [0.1, 0.15) is 23.1 Å². The molecule has 3 rings (SSSR count). The molecule has 1 aliphatic rings. The fourth-order valence-corrected chi connectivity index (χ4v) is 3.72. The van der Waals surface area contributed by atoms with Crippen LogP contribution in [0.3, 0.4) is 0 Å². The Kier molecular flexibility index (Phi) is 6.00. The Morgan fingerprint density at radius 3 is 2.81 bits per heavy atom. The highest BCUT2D eigenvalue weighted by molar-refractivity contribution is 6.32. The third kappa shape index (κ3) is 4.24. The van der Waals surface area contributed by atoms with Gasteiger partial charge in [0.2, 0.25) is 5.91 Å². The molecule has 2 aromatic rings. The molecule has 1 atom stereocenters. The topological polar surface area (TPSA) is 67.6 Å². The summed E-state index contributed by atoms with van der Waals surface area (Å²) in [5, 5.41) is 18.7. The Hall–Kier alpha value is -2.55. The predicted octanol–water partition coefficient (Wildman–Crippen LogP) is 3.12. The van der Waals surface area contributed by atoms with E-state index in [1.807, 2.05) is 24.3 Å². The van der Waals surface area contributed by atoms with Crippen LogP contribution in [0.25, 0.3) is 0 Å². The summed E-state index contributed by atoms with van der Waals surface area (Å²) in [6.45, 7) is 3.48. The highest BCUT2D eigenvalue weighted by Crippen LogP contribution is 2.29. The zero-order valence-electron chi connectivity index (χ0n) is 15.2. The third-order valence-electron chi connectivity index (χ3n) is 5.10. The lowest BCUT2D eigenvalue weighted by Crippen LogP contribution is -2.39. The van der Waals surface area contributed by atoms with Crippen LogP contribution in [0.5, 0.6) is 0 Å². The first-order chi connectivity index (χ1) is 13.0. The number of amides is 1. The van der Waals surface area contributed by atoms with Crippen molar-refractivity contribution < 1.29 is 9.90 Å². The van der Waals surface area contributed by atoms with E-state index in [1.54, 1.807) is 11.0 Å². The maximum Gasteiger partial charge on any atom is 0.248 e. The van der Waals surface area contributed by atoms with Gasteiger partial charge in [0.1, 0.15) is 12.7 Å². The van der Waals surface area contributed by atoms with E-state index < -0.39 is 6.61 Å². The molecule has 0 unspecified atom stereocenters. The number of hydrogen-bond donors (Lipinski definition) is 1. The van der Waals surface area contributed by atoms with Gasteiger partial charge in [0.05, 0.1) is 10.6 Å². The average Bonchev–Trinajstić information content (AvgIpc) is 3.16. The zero-order valence-corrected chi connectivity index (χ0v) is 16.0. The summed E-state index contributed by atoms with van der Waals surface area (Å²) in [6.07, 6.45) is 0.815. The maximum atomic E-state index is 11.9. The van der Waals surface area contributed by atoms with Gasteiger partial charge in [-0.15, -0.1) is 0 Å². The number of nitrogens with zero attached hydrogens (tertiary/aromatic N) is 3. The van der Waals surface area contributed by atoms with Crippen LogP contribution in [-0.4, -0.2) is 41.7 Å². The molecule has 1 saturated heterocycles. The van der Waals surface area contributed by atoms with E-state index in [0.29, 0.717) is 30.2 Å². The number of benzene rings is 2. The summed E-state index contributed by atoms with van der Waals surface area (Å²) in [5.74, 6) is -0.244. The molecule has 140 valence electrons. The Morgan fingerprint density at radius 2 is 2.15 bits per heavy atom. The van der Waals surface area contributed by atoms with Gasteiger partial charge in [-0.25, -0.2) is 0 Å². The Bertz CT molecular complexity index is 878. The molecule has 1 N–H and O–H groups in total. The van der Waals surface area contributed by atoms with E-state index in [9.17, 15) is 4.79 Å². The SMILES string of the molecule is Cc1ccccc1CN(c1ccc(C#N)c(Cl)c1)[C@H]1CCN(C(=O)CO)C1. The summed E-state index contributed by atoms with van der Waals surface area (Å²) in [6, 6.07) is 15.9. The highest BCUT2D eigenvalue weighted by atomic mass is 35.5. The van der Waals surface area contributed by atoms with Crippen molar-refractivity contribution in [2.24, 2.45) is 0 Å². The second-order valence-corrected chi connectivity index (χ2v) is 7.18. The largest absolute Gasteiger partial charge is 0.387 e. The molecule has 0 spiro atoms. The highest BCUT2D eigenvalue weighted by Gasteiger charge is 2.30. The minimum Gasteiger partial charge on any atom is -0.387 e. The number of carbonyl (C=O) groups is 1. The minimum absolute atomic E-state index is 0.115. The Morgan fingerprint density at radius 1 is 1.37 bits per heavy atom. The van der Waals surface area contributed by atoms with Crippen LogP contribution in [0, 0.1) is 18.3 Å². The smallest absolute Gasteiger partial charge is 0.248 e. The van der Waals surface area contributed by atoms with E-state index in [1.165, 1.54) is 11.1 Å². The number of halogens is 1. The summed E-state index contributed by atoms with van der Waals surface area (Å²) < 4.78 is 0. The van der Waals surface area contributed by atoms with Crippen LogP contribution in [-0.2, 0) is 11.3 Å². The lowest BCUT2D eigenvalue weighted by atomic mass is 10.1. The van der Waals surface area contributed by atoms with E-state index in [0.717, 1.165) is 12.1 Å². The van der Waals surface area contributed by atoms with Crippen LogP contribution in [0.4, 0.5) is 5.69 Å². The van der Waals surface area contributed by atoms with Crippen LogP contribution in [0.15, 0.2) is 42.5 Å². The number of carbonyl (C=O) groups excluding carboxylic acids is 1. The van der Waals surface area contributed by atoms with E-state index in [4.69, 9.17) is 22.0 Å². The average molecular weight is 384 g/mol. The van der Waals surface area contributed by atoms with E-state index in [2.05, 4.69) is 30.0 Å². The number of aliphatic hydroxyl groups excluding tert-OH is 1. The van der Waals surface area contributed by atoms with Crippen molar-refractivity contribution in [1.29, 1.82) is 5.26 Å².